The number of anilines is 2. The van der Waals surface area contributed by atoms with E-state index in [0.717, 1.165) is 24.0 Å². The van der Waals surface area contributed by atoms with Crippen LogP contribution in [-0.4, -0.2) is 11.8 Å². The number of carbonyl (C=O) groups is 2. The van der Waals surface area contributed by atoms with Crippen molar-refractivity contribution in [3.8, 4) is 0 Å². The molecule has 0 spiro atoms. The third-order valence-electron chi connectivity index (χ3n) is 4.59. The Labute approximate surface area is 165 Å². The van der Waals surface area contributed by atoms with E-state index in [4.69, 9.17) is 0 Å². The maximum Gasteiger partial charge on any atom is 0.255 e. The summed E-state index contributed by atoms with van der Waals surface area (Å²) in [6, 6.07) is 23.4. The van der Waals surface area contributed by atoms with Crippen LogP contribution >= 0.6 is 0 Å². The predicted octanol–water partition coefficient (Wildman–Crippen LogP) is 4.99. The number of benzene rings is 3. The zero-order valence-corrected chi connectivity index (χ0v) is 16.2. The van der Waals surface area contributed by atoms with Gasteiger partial charge in [-0.1, -0.05) is 54.6 Å². The molecular weight excluding hydrogens is 348 g/mol. The van der Waals surface area contributed by atoms with E-state index in [1.54, 1.807) is 6.07 Å². The Kier molecular flexibility index (Phi) is 6.22. The topological polar surface area (TPSA) is 58.2 Å². The fraction of sp³-hybridized carbons (Fsp3) is 0.167. The van der Waals surface area contributed by atoms with Gasteiger partial charge in [-0.15, -0.1) is 0 Å². The van der Waals surface area contributed by atoms with Crippen molar-refractivity contribution in [2.45, 2.75) is 26.7 Å². The summed E-state index contributed by atoms with van der Waals surface area (Å²) in [7, 11) is 0. The van der Waals surface area contributed by atoms with Gasteiger partial charge < -0.3 is 10.6 Å². The molecular formula is C24H24N2O2. The minimum Gasteiger partial charge on any atom is -0.326 e. The first-order chi connectivity index (χ1) is 13.5. The molecule has 0 saturated carbocycles. The Bertz CT molecular complexity index is 981. The van der Waals surface area contributed by atoms with Crippen LogP contribution in [0.2, 0.25) is 0 Å². The summed E-state index contributed by atoms with van der Waals surface area (Å²) in [5.41, 5.74) is 5.21. The standard InChI is InChI=1S/C24H24N2O2/c1-17-12-15-21(25-18(2)27)16-23(17)26-24(28)22-11-7-6-10-20(22)14-13-19-8-4-3-5-9-19/h3-12,15-16H,13-14H2,1-2H3,(H,25,27)(H,26,28). The third-order valence-corrected chi connectivity index (χ3v) is 4.59. The van der Waals surface area contributed by atoms with Crippen LogP contribution in [0, 0.1) is 6.92 Å². The van der Waals surface area contributed by atoms with E-state index in [0.29, 0.717) is 16.9 Å². The maximum absolute atomic E-state index is 12.9. The molecule has 0 atom stereocenters. The van der Waals surface area contributed by atoms with Crippen molar-refractivity contribution in [3.63, 3.8) is 0 Å². The Hall–Kier alpha value is -3.40. The lowest BCUT2D eigenvalue weighted by Gasteiger charge is -2.13. The predicted molar refractivity (Wildman–Crippen MR) is 114 cm³/mol. The van der Waals surface area contributed by atoms with E-state index in [2.05, 4.69) is 22.8 Å². The van der Waals surface area contributed by atoms with E-state index >= 15 is 0 Å². The Morgan fingerprint density at radius 1 is 0.821 bits per heavy atom. The molecule has 0 saturated heterocycles. The van der Waals surface area contributed by atoms with Crippen molar-refractivity contribution in [3.05, 3.63) is 95.1 Å². The van der Waals surface area contributed by atoms with E-state index in [-0.39, 0.29) is 11.8 Å². The van der Waals surface area contributed by atoms with Gasteiger partial charge in [0, 0.05) is 23.9 Å². The zero-order chi connectivity index (χ0) is 19.9. The molecule has 2 N–H and O–H groups in total. The highest BCUT2D eigenvalue weighted by Crippen LogP contribution is 2.22. The summed E-state index contributed by atoms with van der Waals surface area (Å²) in [4.78, 5) is 24.2. The fourth-order valence-corrected chi connectivity index (χ4v) is 3.11. The molecule has 0 aliphatic carbocycles. The number of aryl methyl sites for hydroxylation is 3. The molecule has 0 aliphatic heterocycles. The number of carbonyl (C=O) groups excluding carboxylic acids is 2. The minimum absolute atomic E-state index is 0.146. The van der Waals surface area contributed by atoms with Crippen LogP contribution in [0.15, 0.2) is 72.8 Å². The molecule has 28 heavy (non-hydrogen) atoms. The van der Waals surface area contributed by atoms with Gasteiger partial charge in [0.05, 0.1) is 0 Å². The van der Waals surface area contributed by atoms with E-state index in [9.17, 15) is 9.59 Å². The van der Waals surface area contributed by atoms with Crippen molar-refractivity contribution in [2.75, 3.05) is 10.6 Å². The van der Waals surface area contributed by atoms with Gasteiger partial charge in [0.1, 0.15) is 0 Å². The molecule has 142 valence electrons. The highest BCUT2D eigenvalue weighted by atomic mass is 16.2. The second-order valence-electron chi connectivity index (χ2n) is 6.81. The van der Waals surface area contributed by atoms with Crippen LogP contribution < -0.4 is 10.6 Å². The van der Waals surface area contributed by atoms with Crippen LogP contribution in [-0.2, 0) is 17.6 Å². The molecule has 2 amide bonds. The number of hydrogen-bond donors (Lipinski definition) is 2. The van der Waals surface area contributed by atoms with Crippen molar-refractivity contribution in [1.29, 1.82) is 0 Å². The Morgan fingerprint density at radius 2 is 1.54 bits per heavy atom. The molecule has 0 bridgehead atoms. The molecule has 3 rings (SSSR count). The summed E-state index contributed by atoms with van der Waals surface area (Å²) < 4.78 is 0. The molecule has 0 aliphatic rings. The normalized spacial score (nSPS) is 10.4. The average molecular weight is 372 g/mol. The molecule has 0 unspecified atom stereocenters. The molecule has 0 fully saturated rings. The van der Waals surface area contributed by atoms with Gasteiger partial charge >= 0.3 is 0 Å². The van der Waals surface area contributed by atoms with Gasteiger partial charge in [0.25, 0.3) is 5.91 Å². The summed E-state index contributed by atoms with van der Waals surface area (Å²) in [6.45, 7) is 3.38. The number of rotatable bonds is 6. The van der Waals surface area contributed by atoms with Crippen molar-refractivity contribution >= 4 is 23.2 Å². The van der Waals surface area contributed by atoms with E-state index in [1.807, 2.05) is 61.5 Å². The molecule has 0 radical (unpaired) electrons. The zero-order valence-electron chi connectivity index (χ0n) is 16.2. The summed E-state index contributed by atoms with van der Waals surface area (Å²) in [5.74, 6) is -0.292. The summed E-state index contributed by atoms with van der Waals surface area (Å²) >= 11 is 0. The van der Waals surface area contributed by atoms with Crippen LogP contribution in [0.4, 0.5) is 11.4 Å². The van der Waals surface area contributed by atoms with E-state index < -0.39 is 0 Å². The molecule has 3 aromatic rings. The lowest BCUT2D eigenvalue weighted by Crippen LogP contribution is -2.16. The van der Waals surface area contributed by atoms with Gasteiger partial charge in [-0.25, -0.2) is 0 Å². The Morgan fingerprint density at radius 3 is 2.29 bits per heavy atom. The SMILES string of the molecule is CC(=O)Nc1ccc(C)c(NC(=O)c2ccccc2CCc2ccccc2)c1. The van der Waals surface area contributed by atoms with Gasteiger partial charge in [-0.3, -0.25) is 9.59 Å². The van der Waals surface area contributed by atoms with Gasteiger partial charge in [-0.2, -0.15) is 0 Å². The van der Waals surface area contributed by atoms with Crippen LogP contribution in [0.1, 0.15) is 34.0 Å². The van der Waals surface area contributed by atoms with Crippen LogP contribution in [0.25, 0.3) is 0 Å². The average Bonchev–Trinajstić information content (AvgIpc) is 2.69. The third kappa shape index (κ3) is 5.07. The lowest BCUT2D eigenvalue weighted by molar-refractivity contribution is -0.114. The number of hydrogen-bond acceptors (Lipinski definition) is 2. The Balaban J connectivity index is 1.77. The van der Waals surface area contributed by atoms with Crippen molar-refractivity contribution in [2.24, 2.45) is 0 Å². The maximum atomic E-state index is 12.9. The molecule has 0 aromatic heterocycles. The first-order valence-electron chi connectivity index (χ1n) is 9.34. The smallest absolute Gasteiger partial charge is 0.255 e. The van der Waals surface area contributed by atoms with Crippen molar-refractivity contribution in [1.82, 2.24) is 0 Å². The van der Waals surface area contributed by atoms with Gasteiger partial charge in [0.15, 0.2) is 0 Å². The summed E-state index contributed by atoms with van der Waals surface area (Å²) in [5, 5.41) is 5.73. The second-order valence-corrected chi connectivity index (χ2v) is 6.81. The molecule has 4 heteroatoms. The van der Waals surface area contributed by atoms with Gasteiger partial charge in [0.2, 0.25) is 5.91 Å². The highest BCUT2D eigenvalue weighted by Gasteiger charge is 2.13. The fourth-order valence-electron chi connectivity index (χ4n) is 3.11. The molecule has 0 heterocycles. The van der Waals surface area contributed by atoms with Crippen LogP contribution in [0.5, 0.6) is 0 Å². The second kappa shape index (κ2) is 9.00. The molecule has 4 nitrogen and oxygen atoms in total. The van der Waals surface area contributed by atoms with Crippen molar-refractivity contribution < 1.29 is 9.59 Å². The van der Waals surface area contributed by atoms with Gasteiger partial charge in [-0.05, 0) is 54.7 Å². The van der Waals surface area contributed by atoms with Crippen LogP contribution in [0.3, 0.4) is 0 Å². The first-order valence-corrected chi connectivity index (χ1v) is 9.34. The highest BCUT2D eigenvalue weighted by molar-refractivity contribution is 6.06. The first kappa shape index (κ1) is 19.4. The van der Waals surface area contributed by atoms with E-state index in [1.165, 1.54) is 12.5 Å². The molecule has 3 aromatic carbocycles. The number of nitrogens with one attached hydrogen (secondary N) is 2. The minimum atomic E-state index is -0.147. The number of amides is 2. The quantitative estimate of drug-likeness (QED) is 0.640. The largest absolute Gasteiger partial charge is 0.326 e. The lowest BCUT2D eigenvalue weighted by atomic mass is 9.99. The summed E-state index contributed by atoms with van der Waals surface area (Å²) in [6.07, 6.45) is 1.67. The monoisotopic (exact) mass is 372 g/mol.